The van der Waals surface area contributed by atoms with E-state index in [0.29, 0.717) is 80.4 Å². The van der Waals surface area contributed by atoms with Gasteiger partial charge >= 0.3 is 5.82 Å². The number of rotatable bonds is 19. The molecule has 0 spiro atoms. The van der Waals surface area contributed by atoms with Gasteiger partial charge in [0.15, 0.2) is 86.3 Å². The molecule has 9 N–H and O–H groups in total. The highest BCUT2D eigenvalue weighted by Crippen LogP contribution is 2.28. The Balaban J connectivity index is 0.000000168. The number of ketones is 1. The molecule has 33 heteroatoms. The fourth-order valence-corrected chi connectivity index (χ4v) is 10.2. The van der Waals surface area contributed by atoms with Crippen LogP contribution in [0.2, 0.25) is 0 Å². The Bertz CT molecular complexity index is 4720. The summed E-state index contributed by atoms with van der Waals surface area (Å²) in [7, 11) is 0. The maximum absolute atomic E-state index is 10.8. The highest BCUT2D eigenvalue weighted by molar-refractivity contribution is 5.75. The van der Waals surface area contributed by atoms with E-state index in [-0.39, 0.29) is 42.4 Å². The average molecular weight is 1410 g/mol. The number of fused-ring (bicyclic) bond motifs is 5. The average Bonchev–Trinajstić information content (AvgIpc) is 1.68. The van der Waals surface area contributed by atoms with Crippen molar-refractivity contribution in [3.05, 3.63) is 175 Å². The molecule has 0 saturated carbocycles. The second kappa shape index (κ2) is 36.1. The minimum Gasteiger partial charge on any atom is -0.504 e. The molecule has 12 aromatic heterocycles. The molecule has 2 atom stereocenters. The van der Waals surface area contributed by atoms with Gasteiger partial charge in [0, 0.05) is 112 Å². The zero-order chi connectivity index (χ0) is 74.6. The number of aliphatic hydroxyl groups excluding tert-OH is 2. The zero-order valence-electron chi connectivity index (χ0n) is 60.3. The molecule has 0 saturated heterocycles. The molecule has 0 fully saturated rings. The Hall–Kier alpha value is -11.6. The van der Waals surface area contributed by atoms with Gasteiger partial charge in [-0.1, -0.05) is 13.8 Å². The minimum atomic E-state index is -0.708. The van der Waals surface area contributed by atoms with Gasteiger partial charge < -0.3 is 56.8 Å². The number of nitrogens with one attached hydrogen (secondary N) is 2. The third-order valence-electron chi connectivity index (χ3n) is 15.9. The number of aliphatic hydroxyl groups is 2. The van der Waals surface area contributed by atoms with Gasteiger partial charge in [-0.15, -0.1) is 0 Å². The molecule has 1 aliphatic rings. The van der Waals surface area contributed by atoms with Gasteiger partial charge in [0.25, 0.3) is 0 Å². The van der Waals surface area contributed by atoms with Crippen molar-refractivity contribution in [2.24, 2.45) is 0 Å². The number of aromatic hydroxyl groups is 3. The molecule has 0 radical (unpaired) electrons. The highest BCUT2D eigenvalue weighted by atomic mass is 16.6. The monoisotopic (exact) mass is 1410 g/mol. The number of nitrogens with zero attached hydrogens (tertiary/aromatic N) is 21. The van der Waals surface area contributed by atoms with Crippen molar-refractivity contribution >= 4 is 51.6 Å². The van der Waals surface area contributed by atoms with E-state index in [0.717, 1.165) is 134 Å². The number of anilines is 3. The number of nitro groups is 1. The number of carbonyl (C=O) groups excluding carboxylic acids is 1. The quantitative estimate of drug-likeness (QED) is 0.0280. The number of ether oxygens (including phenoxy) is 1. The molecule has 0 aromatic carbocycles. The number of pyridine rings is 4. The Labute approximate surface area is 594 Å². The molecule has 13 rings (SSSR count). The lowest BCUT2D eigenvalue weighted by atomic mass is 10.2. The van der Waals surface area contributed by atoms with Crippen LogP contribution in [0.5, 0.6) is 23.0 Å². The van der Waals surface area contributed by atoms with Crippen molar-refractivity contribution in [3.8, 4) is 23.0 Å². The fourth-order valence-electron chi connectivity index (χ4n) is 10.2. The summed E-state index contributed by atoms with van der Waals surface area (Å²) in [5.41, 5.74) is 18.9. The first kappa shape index (κ1) is 77.1. The topological polar surface area (TPSA) is 445 Å². The molecule has 0 bridgehead atoms. The van der Waals surface area contributed by atoms with Crippen molar-refractivity contribution in [2.45, 2.75) is 173 Å². The van der Waals surface area contributed by atoms with Crippen molar-refractivity contribution in [2.75, 3.05) is 36.2 Å². The lowest BCUT2D eigenvalue weighted by Crippen LogP contribution is -2.17. The Morgan fingerprint density at radius 3 is 1.34 bits per heavy atom. The van der Waals surface area contributed by atoms with Gasteiger partial charge in [-0.2, -0.15) is 20.4 Å². The lowest BCUT2D eigenvalue weighted by Gasteiger charge is -2.15. The molecule has 1 aliphatic heterocycles. The van der Waals surface area contributed by atoms with E-state index in [2.05, 4.69) is 92.8 Å². The predicted octanol–water partition coefficient (Wildman–Crippen LogP) is 8.04. The molecule has 2 unspecified atom stereocenters. The molecular weight excluding hydrogens is 1320 g/mol. The van der Waals surface area contributed by atoms with Crippen LogP contribution in [0.4, 0.5) is 23.3 Å². The van der Waals surface area contributed by atoms with Crippen molar-refractivity contribution in [1.82, 2.24) is 98.3 Å². The van der Waals surface area contributed by atoms with Gasteiger partial charge in [0.2, 0.25) is 5.75 Å². The van der Waals surface area contributed by atoms with Crippen LogP contribution in [-0.2, 0) is 56.2 Å². The summed E-state index contributed by atoms with van der Waals surface area (Å²) in [6, 6.07) is 14.0. The highest BCUT2D eigenvalue weighted by Gasteiger charge is 2.20. The smallest absolute Gasteiger partial charge is 0.406 e. The first-order valence-corrected chi connectivity index (χ1v) is 33.9. The molecule has 103 heavy (non-hydrogen) atoms. The van der Waals surface area contributed by atoms with Gasteiger partial charge in [0.05, 0.1) is 52.2 Å². The van der Waals surface area contributed by atoms with Crippen LogP contribution < -0.4 is 21.1 Å². The first-order chi connectivity index (χ1) is 49.3. The Morgan fingerprint density at radius 2 is 0.961 bits per heavy atom. The zero-order valence-corrected chi connectivity index (χ0v) is 60.3. The summed E-state index contributed by atoms with van der Waals surface area (Å²) in [6.07, 6.45) is 14.0. The third kappa shape index (κ3) is 20.8. The molecule has 12 aromatic rings. The third-order valence-corrected chi connectivity index (χ3v) is 15.9. The van der Waals surface area contributed by atoms with Gasteiger partial charge in [0.1, 0.15) is 5.78 Å². The summed E-state index contributed by atoms with van der Waals surface area (Å²) in [5.74, 6) is 4.30. The van der Waals surface area contributed by atoms with E-state index < -0.39 is 16.5 Å². The van der Waals surface area contributed by atoms with Crippen LogP contribution in [0, 0.1) is 65.5 Å². The molecule has 0 aliphatic carbocycles. The maximum Gasteiger partial charge on any atom is 0.406 e. The summed E-state index contributed by atoms with van der Waals surface area (Å²) in [5, 5.41) is 81.1. The largest absolute Gasteiger partial charge is 0.504 e. The van der Waals surface area contributed by atoms with Crippen LogP contribution in [0.1, 0.15) is 146 Å². The van der Waals surface area contributed by atoms with Crippen LogP contribution in [0.15, 0.2) is 73.3 Å². The summed E-state index contributed by atoms with van der Waals surface area (Å²) >= 11 is 0. The molecule has 0 amide bonds. The van der Waals surface area contributed by atoms with Crippen LogP contribution in [0.25, 0.3) is 22.6 Å². The maximum atomic E-state index is 10.8. The number of aromatic nitrogens is 20. The normalized spacial score (nSPS) is 12.5. The van der Waals surface area contributed by atoms with E-state index in [4.69, 9.17) is 25.7 Å². The Kier molecular flexibility index (Phi) is 27.1. The summed E-state index contributed by atoms with van der Waals surface area (Å²) in [6.45, 7) is 25.7. The van der Waals surface area contributed by atoms with Crippen molar-refractivity contribution in [1.29, 1.82) is 0 Å². The molecular formula is C70H90N24O9. The van der Waals surface area contributed by atoms with E-state index >= 15 is 0 Å². The number of carbonyl (C=O) groups is 1. The van der Waals surface area contributed by atoms with E-state index in [1.54, 1.807) is 58.0 Å². The summed E-state index contributed by atoms with van der Waals surface area (Å²) < 4.78 is 12.9. The van der Waals surface area contributed by atoms with Crippen molar-refractivity contribution < 1.29 is 40.0 Å². The first-order valence-electron chi connectivity index (χ1n) is 33.9. The number of Topliss-reactive ketones (excluding diaryl/α,β-unsaturated/α-hetero) is 1. The Morgan fingerprint density at radius 1 is 0.573 bits per heavy atom. The van der Waals surface area contributed by atoms with E-state index in [9.17, 15) is 30.2 Å². The van der Waals surface area contributed by atoms with Crippen LogP contribution in [-0.4, -0.2) is 166 Å². The van der Waals surface area contributed by atoms with Gasteiger partial charge in [-0.3, -0.25) is 24.7 Å². The molecule has 544 valence electrons. The van der Waals surface area contributed by atoms with Crippen molar-refractivity contribution in [3.63, 3.8) is 0 Å². The van der Waals surface area contributed by atoms with E-state index in [1.165, 1.54) is 13.0 Å². The minimum absolute atomic E-state index is 0.00179. The number of hydrogen-bond acceptors (Lipinski definition) is 28. The lowest BCUT2D eigenvalue weighted by molar-refractivity contribution is -0.390. The fraction of sp³-hybridized carbons (Fsp3) is 0.414. The number of hydrogen-bond donors (Lipinski definition) is 8. The summed E-state index contributed by atoms with van der Waals surface area (Å²) in [4.78, 5) is 72.5. The van der Waals surface area contributed by atoms with E-state index in [1.807, 2.05) is 104 Å². The molecule has 13 heterocycles. The SMILES string of the molecule is CC.CC(=O)CCO.Cc1ncc(C)n2nc(CCc3ccc(O)c(N)n3)nc12.Cc1ncc(C)n2nc(CCc3ccc(O)c(NC(C)CCO)n3)nc12.Cc1ncc(C)n2nc(CCc3ccc(O)c([N+](=O)[O-])n3)nc12.Cc1ncc(C)n2nc(CCc3ccc4c(n3)NC(C)CCO4)nc12. The standard InChI is InChI=1S/C18H24N6O2.C18H22N6O.C14H14N6O3.C14H16N6O.C4H8O2.C2H6/c1-11(8-9-25)20-17-15(26)6-4-14(21-17)5-7-16-22-18-13(3)19-10-12(2)24(18)23-16;1-11-8-9-25-15-6-4-14(21-17(15)20-11)5-7-16-22-18-13(3)19-10-12(2)24(18)23-16;1-8-7-15-9(2)13-17-12(18-19(8)13)6-4-10-3-5-11(21)14(16-10)20(22)23;1-8-7-16-9(2)14-18-12(19-20(8)14)6-4-10-3-5-11(21)13(15)17-10;1-4(6)2-3-5;1-2/h4,6,10-11,25-26H,5,7-9H2,1-3H3,(H,20,21);4,6,10-11H,5,7-9H2,1-3H3,(H,20,21);3,5,7,21H,4,6H2,1-2H3;3,5,7,21H,4,6H2,1-2H3,(H2,15,17);5H,2-3H2,1H3;1-2H3. The number of nitrogens with two attached hydrogens (primary N) is 1. The van der Waals surface area contributed by atoms with Crippen LogP contribution in [0.3, 0.4) is 0 Å². The molecule has 33 nitrogen and oxygen atoms in total. The second-order valence-electron chi connectivity index (χ2n) is 24.3. The number of aryl methyl sites for hydroxylation is 16. The predicted molar refractivity (Wildman–Crippen MR) is 385 cm³/mol. The second-order valence-corrected chi connectivity index (χ2v) is 24.3. The van der Waals surface area contributed by atoms with Crippen LogP contribution >= 0.6 is 0 Å². The van der Waals surface area contributed by atoms with Gasteiger partial charge in [-0.25, -0.2) is 52.9 Å². The van der Waals surface area contributed by atoms with Gasteiger partial charge in [-0.05, 0) is 160 Å². The number of nitrogen functional groups attached to an aromatic ring is 1.